The summed E-state index contributed by atoms with van der Waals surface area (Å²) in [5.41, 5.74) is 0.653. The first-order valence-corrected chi connectivity index (χ1v) is 8.98. The van der Waals surface area contributed by atoms with Gasteiger partial charge in [-0.1, -0.05) is 41.5 Å². The molecule has 1 aliphatic carbocycles. The largest absolute Gasteiger partial charge is 0.267 e. The highest BCUT2D eigenvalue weighted by atomic mass is 32.2. The summed E-state index contributed by atoms with van der Waals surface area (Å²) in [5, 5.41) is 0. The van der Waals surface area contributed by atoms with Gasteiger partial charge in [-0.05, 0) is 41.9 Å². The molecule has 0 radical (unpaired) electrons. The Morgan fingerprint density at radius 3 is 1.58 bits per heavy atom. The van der Waals surface area contributed by atoms with Gasteiger partial charge in [0, 0.05) is 0 Å². The fourth-order valence-electron chi connectivity index (χ4n) is 4.05. The molecule has 0 aromatic heterocycles. The van der Waals surface area contributed by atoms with Gasteiger partial charge in [-0.3, -0.25) is 4.18 Å². The van der Waals surface area contributed by atoms with Crippen LogP contribution >= 0.6 is 0 Å². The molecule has 0 spiro atoms. The molecule has 1 aliphatic rings. The Morgan fingerprint density at radius 2 is 1.32 bits per heavy atom. The molecule has 0 atom stereocenters. The van der Waals surface area contributed by atoms with Crippen LogP contribution in [0.15, 0.2) is 0 Å². The van der Waals surface area contributed by atoms with Crippen LogP contribution in [0.1, 0.15) is 67.2 Å². The van der Waals surface area contributed by atoms with Gasteiger partial charge >= 0.3 is 0 Å². The first-order valence-electron chi connectivity index (χ1n) is 7.17. The zero-order valence-corrected chi connectivity index (χ0v) is 14.4. The maximum atomic E-state index is 11.2. The summed E-state index contributed by atoms with van der Waals surface area (Å²) < 4.78 is 27.6. The molecular formula is C15H30O3S. The second kappa shape index (κ2) is 5.03. The normalized spacial score (nSPS) is 22.5. The van der Waals surface area contributed by atoms with Crippen LogP contribution in [0.25, 0.3) is 0 Å². The van der Waals surface area contributed by atoms with Crippen molar-refractivity contribution in [3.8, 4) is 0 Å². The summed E-state index contributed by atoms with van der Waals surface area (Å²) in [6.07, 6.45) is 4.74. The van der Waals surface area contributed by atoms with Gasteiger partial charge in [0.1, 0.15) is 0 Å². The van der Waals surface area contributed by atoms with Crippen molar-refractivity contribution >= 4 is 10.1 Å². The highest BCUT2D eigenvalue weighted by molar-refractivity contribution is 7.86. The fourth-order valence-corrected chi connectivity index (χ4v) is 4.74. The van der Waals surface area contributed by atoms with Crippen molar-refractivity contribution in [2.75, 3.05) is 6.26 Å². The van der Waals surface area contributed by atoms with E-state index < -0.39 is 10.1 Å². The van der Waals surface area contributed by atoms with Crippen molar-refractivity contribution in [2.45, 2.75) is 73.3 Å². The number of hydrogen-bond acceptors (Lipinski definition) is 3. The Kier molecular flexibility index (Phi) is 4.49. The van der Waals surface area contributed by atoms with Crippen LogP contribution in [-0.4, -0.2) is 20.8 Å². The fraction of sp³-hybridized carbons (Fsp3) is 1.00. The molecule has 0 amide bonds. The Labute approximate surface area is 119 Å². The molecule has 0 unspecified atom stereocenters. The van der Waals surface area contributed by atoms with E-state index in [1.54, 1.807) is 0 Å². The van der Waals surface area contributed by atoms with E-state index in [9.17, 15) is 8.42 Å². The number of rotatable bonds is 2. The van der Waals surface area contributed by atoms with Crippen LogP contribution in [0.3, 0.4) is 0 Å². The first-order chi connectivity index (χ1) is 8.29. The van der Waals surface area contributed by atoms with Gasteiger partial charge in [-0.2, -0.15) is 8.42 Å². The molecule has 19 heavy (non-hydrogen) atoms. The second-order valence-corrected chi connectivity index (χ2v) is 9.68. The molecular weight excluding hydrogens is 260 g/mol. The molecule has 0 aromatic rings. The Balaban J connectivity index is 2.88. The molecule has 0 bridgehead atoms. The van der Waals surface area contributed by atoms with E-state index in [1.165, 1.54) is 0 Å². The zero-order valence-electron chi connectivity index (χ0n) is 13.5. The quantitative estimate of drug-likeness (QED) is 0.722. The second-order valence-electron chi connectivity index (χ2n) is 8.08. The van der Waals surface area contributed by atoms with Crippen molar-refractivity contribution in [1.29, 1.82) is 0 Å². The van der Waals surface area contributed by atoms with Gasteiger partial charge in [0.15, 0.2) is 0 Å². The lowest BCUT2D eigenvalue weighted by Crippen LogP contribution is -2.49. The van der Waals surface area contributed by atoms with Crippen molar-refractivity contribution in [2.24, 2.45) is 16.2 Å². The van der Waals surface area contributed by atoms with Crippen LogP contribution in [0.4, 0.5) is 0 Å². The van der Waals surface area contributed by atoms with Crippen molar-refractivity contribution in [3.63, 3.8) is 0 Å². The van der Waals surface area contributed by atoms with Crippen molar-refractivity contribution in [1.82, 2.24) is 0 Å². The maximum Gasteiger partial charge on any atom is 0.264 e. The van der Waals surface area contributed by atoms with Gasteiger partial charge in [0.2, 0.25) is 0 Å². The van der Waals surface area contributed by atoms with E-state index in [2.05, 4.69) is 41.5 Å². The summed E-state index contributed by atoms with van der Waals surface area (Å²) in [6.45, 7) is 13.8. The molecule has 114 valence electrons. The molecule has 0 aliphatic heterocycles. The smallest absolute Gasteiger partial charge is 0.264 e. The molecule has 1 rings (SSSR count). The minimum atomic E-state index is -3.33. The van der Waals surface area contributed by atoms with Crippen molar-refractivity contribution in [3.05, 3.63) is 0 Å². The molecule has 1 fully saturated rings. The third kappa shape index (κ3) is 3.72. The monoisotopic (exact) mass is 290 g/mol. The summed E-state index contributed by atoms with van der Waals surface area (Å²) in [4.78, 5) is 0. The predicted octanol–water partition coefficient (Wildman–Crippen LogP) is 3.98. The Bertz CT molecular complexity index is 386. The first kappa shape index (κ1) is 17.0. The average molecular weight is 290 g/mol. The summed E-state index contributed by atoms with van der Waals surface area (Å²) in [7, 11) is -3.33. The molecule has 0 aromatic carbocycles. The molecule has 0 N–H and O–H groups in total. The molecule has 0 saturated heterocycles. The third-order valence-electron chi connectivity index (χ3n) is 4.97. The minimum absolute atomic E-state index is 0.132. The van der Waals surface area contributed by atoms with E-state index in [4.69, 9.17) is 4.18 Å². The summed E-state index contributed by atoms with van der Waals surface area (Å²) >= 11 is 0. The lowest BCUT2D eigenvalue weighted by Gasteiger charge is -2.57. The highest BCUT2D eigenvalue weighted by Gasteiger charge is 2.51. The zero-order chi connectivity index (χ0) is 15.1. The Morgan fingerprint density at radius 1 is 0.947 bits per heavy atom. The summed E-state index contributed by atoms with van der Waals surface area (Å²) in [5.74, 6) is 0. The SMILES string of the molecule is CC(C)(C)C1(C(C)(C)C)CCC(OS(C)(=O)=O)CC1. The van der Waals surface area contributed by atoms with E-state index >= 15 is 0 Å². The number of hydrogen-bond donors (Lipinski definition) is 0. The van der Waals surface area contributed by atoms with Crippen LogP contribution in [0.2, 0.25) is 0 Å². The van der Waals surface area contributed by atoms with Gasteiger partial charge < -0.3 is 0 Å². The van der Waals surface area contributed by atoms with Crippen LogP contribution < -0.4 is 0 Å². The van der Waals surface area contributed by atoms with Crippen LogP contribution in [-0.2, 0) is 14.3 Å². The minimum Gasteiger partial charge on any atom is -0.267 e. The van der Waals surface area contributed by atoms with Gasteiger partial charge in [0.05, 0.1) is 12.4 Å². The molecule has 1 saturated carbocycles. The van der Waals surface area contributed by atoms with E-state index in [1.807, 2.05) is 0 Å². The van der Waals surface area contributed by atoms with Gasteiger partial charge in [-0.25, -0.2) is 0 Å². The van der Waals surface area contributed by atoms with Gasteiger partial charge in [-0.15, -0.1) is 0 Å². The molecule has 0 heterocycles. The Hall–Kier alpha value is -0.0900. The average Bonchev–Trinajstić information content (AvgIpc) is 2.12. The third-order valence-corrected chi connectivity index (χ3v) is 5.59. The lowest BCUT2D eigenvalue weighted by atomic mass is 9.49. The van der Waals surface area contributed by atoms with Crippen LogP contribution in [0.5, 0.6) is 0 Å². The van der Waals surface area contributed by atoms with Gasteiger partial charge in [0.25, 0.3) is 10.1 Å². The topological polar surface area (TPSA) is 43.4 Å². The molecule has 4 heteroatoms. The summed E-state index contributed by atoms with van der Waals surface area (Å²) in [6, 6.07) is 0. The standard InChI is InChI=1S/C15H30O3S/c1-13(2,3)15(14(4,5)6)10-8-12(9-11-15)18-19(7,16)17/h12H,8-11H2,1-7H3. The highest BCUT2D eigenvalue weighted by Crippen LogP contribution is 2.59. The maximum absolute atomic E-state index is 11.2. The predicted molar refractivity (Wildman–Crippen MR) is 79.5 cm³/mol. The molecule has 3 nitrogen and oxygen atoms in total. The van der Waals surface area contributed by atoms with E-state index in [-0.39, 0.29) is 22.3 Å². The lowest BCUT2D eigenvalue weighted by molar-refractivity contribution is -0.0827. The van der Waals surface area contributed by atoms with Crippen LogP contribution in [0, 0.1) is 16.2 Å². The van der Waals surface area contributed by atoms with Crippen molar-refractivity contribution < 1.29 is 12.6 Å². The van der Waals surface area contributed by atoms with E-state index in [0.717, 1.165) is 31.9 Å². The van der Waals surface area contributed by atoms with E-state index in [0.29, 0.717) is 0 Å².